The molecule has 4 aromatic rings. The first-order valence-electron chi connectivity index (χ1n) is 10.6. The van der Waals surface area contributed by atoms with E-state index in [9.17, 15) is 4.39 Å². The maximum atomic E-state index is 13.0. The number of aromatic nitrogens is 1. The first-order valence-corrected chi connectivity index (χ1v) is 10.6. The van der Waals surface area contributed by atoms with Gasteiger partial charge in [-0.25, -0.2) is 4.39 Å². The number of fused-ring (bicyclic) bond motifs is 1. The van der Waals surface area contributed by atoms with Crippen molar-refractivity contribution in [1.82, 2.24) is 4.57 Å². The molecule has 31 heavy (non-hydrogen) atoms. The van der Waals surface area contributed by atoms with Crippen LogP contribution in [0.4, 0.5) is 4.39 Å². The van der Waals surface area contributed by atoms with E-state index in [1.54, 1.807) is 12.1 Å². The Morgan fingerprint density at radius 3 is 2.06 bits per heavy atom. The summed E-state index contributed by atoms with van der Waals surface area (Å²) in [4.78, 5) is 0. The predicted octanol–water partition coefficient (Wildman–Crippen LogP) is 8.18. The first kappa shape index (κ1) is 22.1. The van der Waals surface area contributed by atoms with Gasteiger partial charge in [0, 0.05) is 23.6 Å². The zero-order chi connectivity index (χ0) is 22.2. The van der Waals surface area contributed by atoms with Crippen molar-refractivity contribution in [3.63, 3.8) is 0 Å². The molecule has 0 saturated carbocycles. The Labute approximate surface area is 183 Å². The Kier molecular flexibility index (Phi) is 7.45. The van der Waals surface area contributed by atoms with Gasteiger partial charge in [0.2, 0.25) is 0 Å². The number of benzene rings is 3. The van der Waals surface area contributed by atoms with Crippen molar-refractivity contribution in [2.75, 3.05) is 0 Å². The Hall–Kier alpha value is -3.59. The third kappa shape index (κ3) is 5.13. The van der Waals surface area contributed by atoms with Gasteiger partial charge in [0.15, 0.2) is 0 Å². The molecule has 0 radical (unpaired) electrons. The maximum absolute atomic E-state index is 13.0. The van der Waals surface area contributed by atoms with Crippen LogP contribution in [0.15, 0.2) is 98.2 Å². The summed E-state index contributed by atoms with van der Waals surface area (Å²) in [7, 11) is 0. The molecule has 3 heteroatoms. The molecule has 0 N–H and O–H groups in total. The van der Waals surface area contributed by atoms with Gasteiger partial charge in [-0.05, 0) is 71.6 Å². The lowest BCUT2D eigenvalue weighted by Gasteiger charge is -2.08. The summed E-state index contributed by atoms with van der Waals surface area (Å²) in [6.07, 6.45) is 6.85. The highest BCUT2D eigenvalue weighted by molar-refractivity contribution is 5.89. The molecule has 0 aliphatic rings. The van der Waals surface area contributed by atoms with E-state index in [-0.39, 0.29) is 5.82 Å². The van der Waals surface area contributed by atoms with Crippen molar-refractivity contribution in [3.05, 3.63) is 110 Å². The Balaban J connectivity index is 0.00000132. The van der Waals surface area contributed by atoms with Gasteiger partial charge in [-0.1, -0.05) is 44.2 Å². The van der Waals surface area contributed by atoms with E-state index in [0.717, 1.165) is 24.1 Å². The second-order valence-electron chi connectivity index (χ2n) is 6.90. The Morgan fingerprint density at radius 1 is 0.839 bits per heavy atom. The van der Waals surface area contributed by atoms with Crippen molar-refractivity contribution in [3.8, 4) is 22.6 Å². The molecule has 1 aromatic heterocycles. The van der Waals surface area contributed by atoms with Gasteiger partial charge in [-0.2, -0.15) is 0 Å². The molecule has 0 aliphatic heterocycles. The molecule has 0 fully saturated rings. The minimum atomic E-state index is -0.277. The molecule has 0 bridgehead atoms. The van der Waals surface area contributed by atoms with Gasteiger partial charge >= 0.3 is 0 Å². The number of rotatable bonds is 7. The molecule has 0 amide bonds. The van der Waals surface area contributed by atoms with Crippen molar-refractivity contribution >= 4 is 10.9 Å². The second-order valence-corrected chi connectivity index (χ2v) is 6.90. The normalized spacial score (nSPS) is 10.3. The predicted molar refractivity (Wildman–Crippen MR) is 129 cm³/mol. The molecule has 0 aliphatic carbocycles. The average molecular weight is 414 g/mol. The molecule has 0 atom stereocenters. The molecule has 1 heterocycles. The fourth-order valence-corrected chi connectivity index (χ4v) is 3.51. The molecular weight excluding hydrogens is 385 g/mol. The van der Waals surface area contributed by atoms with Gasteiger partial charge in [0.25, 0.3) is 0 Å². The summed E-state index contributed by atoms with van der Waals surface area (Å²) in [5, 5.41) is 1.23. The topological polar surface area (TPSA) is 14.2 Å². The van der Waals surface area contributed by atoms with Crippen LogP contribution in [0.1, 0.15) is 19.4 Å². The lowest BCUT2D eigenvalue weighted by Crippen LogP contribution is -1.91. The number of allylic oxidation sites excluding steroid dienone is 2. The highest BCUT2D eigenvalue weighted by atomic mass is 19.1. The maximum Gasteiger partial charge on any atom is 0.127 e. The molecule has 0 spiro atoms. The van der Waals surface area contributed by atoms with E-state index in [1.807, 2.05) is 50.3 Å². The molecule has 3 aromatic carbocycles. The monoisotopic (exact) mass is 413 g/mol. The van der Waals surface area contributed by atoms with Gasteiger partial charge in [0.05, 0.1) is 0 Å². The van der Waals surface area contributed by atoms with Gasteiger partial charge in [-0.15, -0.1) is 13.2 Å². The number of halogens is 1. The summed E-state index contributed by atoms with van der Waals surface area (Å²) >= 11 is 0. The van der Waals surface area contributed by atoms with Crippen LogP contribution >= 0.6 is 0 Å². The largest absolute Gasteiger partial charge is 0.457 e. The summed E-state index contributed by atoms with van der Waals surface area (Å²) in [5.41, 5.74) is 4.71. The highest BCUT2D eigenvalue weighted by Crippen LogP contribution is 2.30. The highest BCUT2D eigenvalue weighted by Gasteiger charge is 2.09. The van der Waals surface area contributed by atoms with E-state index in [4.69, 9.17) is 4.74 Å². The van der Waals surface area contributed by atoms with E-state index in [0.29, 0.717) is 11.5 Å². The lowest BCUT2D eigenvalue weighted by molar-refractivity contribution is 0.480. The van der Waals surface area contributed by atoms with E-state index < -0.39 is 0 Å². The number of ether oxygens (including phenoxy) is 1. The van der Waals surface area contributed by atoms with E-state index >= 15 is 0 Å². The van der Waals surface area contributed by atoms with Gasteiger partial charge in [0.1, 0.15) is 17.3 Å². The number of hydrogen-bond donors (Lipinski definition) is 0. The zero-order valence-corrected chi connectivity index (χ0v) is 18.1. The minimum Gasteiger partial charge on any atom is -0.457 e. The van der Waals surface area contributed by atoms with Crippen LogP contribution in [0.5, 0.6) is 11.5 Å². The smallest absolute Gasteiger partial charge is 0.127 e. The number of nitrogens with zero attached hydrogens (tertiary/aromatic N) is 1. The van der Waals surface area contributed by atoms with Crippen molar-refractivity contribution in [1.29, 1.82) is 0 Å². The summed E-state index contributed by atoms with van der Waals surface area (Å²) in [5.74, 6) is 1.05. The first-order chi connectivity index (χ1) is 15.2. The summed E-state index contributed by atoms with van der Waals surface area (Å²) in [6.45, 7) is 12.5. The Morgan fingerprint density at radius 2 is 1.45 bits per heavy atom. The lowest BCUT2D eigenvalue weighted by atomic mass is 10.0. The summed E-state index contributed by atoms with van der Waals surface area (Å²) in [6, 6.07) is 20.5. The van der Waals surface area contributed by atoms with Crippen molar-refractivity contribution in [2.45, 2.75) is 26.8 Å². The average Bonchev–Trinajstić information content (AvgIpc) is 3.14. The SMILES string of the molecule is C=CCc1cn(CC=C)c2ccc(-c3ccc(Oc4ccc(F)cc4)cc3)cc12.CC. The van der Waals surface area contributed by atoms with E-state index in [2.05, 4.69) is 42.1 Å². The van der Waals surface area contributed by atoms with Crippen molar-refractivity contribution < 1.29 is 9.13 Å². The molecule has 158 valence electrons. The van der Waals surface area contributed by atoms with Gasteiger partial charge in [-0.3, -0.25) is 0 Å². The molecular formula is C28H28FNO. The quantitative estimate of drug-likeness (QED) is 0.279. The second kappa shape index (κ2) is 10.4. The number of hydrogen-bond acceptors (Lipinski definition) is 1. The zero-order valence-electron chi connectivity index (χ0n) is 18.1. The van der Waals surface area contributed by atoms with Crippen LogP contribution in [-0.2, 0) is 13.0 Å². The minimum absolute atomic E-state index is 0.277. The third-order valence-electron chi connectivity index (χ3n) is 4.89. The van der Waals surface area contributed by atoms with Crippen LogP contribution in [0.25, 0.3) is 22.0 Å². The van der Waals surface area contributed by atoms with Crippen LogP contribution < -0.4 is 4.74 Å². The van der Waals surface area contributed by atoms with Gasteiger partial charge < -0.3 is 9.30 Å². The van der Waals surface area contributed by atoms with Crippen LogP contribution in [0.2, 0.25) is 0 Å². The van der Waals surface area contributed by atoms with Crippen LogP contribution in [0.3, 0.4) is 0 Å². The fourth-order valence-electron chi connectivity index (χ4n) is 3.51. The molecule has 0 unspecified atom stereocenters. The standard InChI is InChI=1S/C26H22FNO.C2H6/c1-3-5-21-18-28(16-4-2)26-15-8-20(17-25(21)26)19-6-11-23(12-7-19)29-24-13-9-22(27)10-14-24;1-2/h3-4,6-15,17-18H,1-2,5,16H2;1-2H3. The van der Waals surface area contributed by atoms with Crippen LogP contribution in [-0.4, -0.2) is 4.57 Å². The van der Waals surface area contributed by atoms with E-state index in [1.165, 1.54) is 28.6 Å². The van der Waals surface area contributed by atoms with Crippen molar-refractivity contribution in [2.24, 2.45) is 0 Å². The molecule has 4 rings (SSSR count). The third-order valence-corrected chi connectivity index (χ3v) is 4.89. The molecule has 2 nitrogen and oxygen atoms in total. The Bertz CT molecular complexity index is 1150. The fraction of sp³-hybridized carbons (Fsp3) is 0.143. The molecule has 0 saturated heterocycles. The van der Waals surface area contributed by atoms with Crippen LogP contribution in [0, 0.1) is 5.82 Å². The summed E-state index contributed by atoms with van der Waals surface area (Å²) < 4.78 is 21.0.